The molecule has 1 aromatic heterocycles. The van der Waals surface area contributed by atoms with E-state index in [4.69, 9.17) is 18.9 Å². The molecular weight excluding hydrogens is 564 g/mol. The SMILES string of the molecule is COc1ccc(NC(=O)[C@H](CC(C)C)Nc2ccc3c(cc2=O)[C@@H](NC(C)=O)CCc2cc(OC)c(OC)c(OC)c2-3)cn1. The summed E-state index contributed by atoms with van der Waals surface area (Å²) in [5.41, 5.74) is 3.44. The fraction of sp³-hybridized carbons (Fsp3) is 0.394. The molecule has 3 aromatic rings. The molecule has 0 saturated carbocycles. The lowest BCUT2D eigenvalue weighted by atomic mass is 9.95. The molecule has 2 amide bonds. The highest BCUT2D eigenvalue weighted by Crippen LogP contribution is 2.50. The van der Waals surface area contributed by atoms with Gasteiger partial charge in [-0.1, -0.05) is 19.9 Å². The van der Waals surface area contributed by atoms with Crippen molar-refractivity contribution < 1.29 is 28.5 Å². The molecule has 0 bridgehead atoms. The highest BCUT2D eigenvalue weighted by molar-refractivity contribution is 5.96. The van der Waals surface area contributed by atoms with Gasteiger partial charge in [0.1, 0.15) is 6.04 Å². The minimum atomic E-state index is -0.718. The van der Waals surface area contributed by atoms with Crippen molar-refractivity contribution in [2.24, 2.45) is 5.92 Å². The summed E-state index contributed by atoms with van der Waals surface area (Å²) in [4.78, 5) is 43.6. The second kappa shape index (κ2) is 14.1. The van der Waals surface area contributed by atoms with Crippen molar-refractivity contribution in [3.8, 4) is 34.3 Å². The number of hydrogen-bond acceptors (Lipinski definition) is 9. The number of pyridine rings is 1. The Kier molecular flexibility index (Phi) is 10.3. The van der Waals surface area contributed by atoms with Crippen LogP contribution in [0.4, 0.5) is 11.4 Å². The van der Waals surface area contributed by atoms with E-state index in [9.17, 15) is 14.4 Å². The largest absolute Gasteiger partial charge is 0.493 e. The van der Waals surface area contributed by atoms with E-state index in [-0.39, 0.29) is 28.8 Å². The Morgan fingerprint density at radius 3 is 2.32 bits per heavy atom. The van der Waals surface area contributed by atoms with Crippen molar-refractivity contribution in [3.05, 3.63) is 63.9 Å². The summed E-state index contributed by atoms with van der Waals surface area (Å²) in [5, 5.41) is 9.08. The number of benzene rings is 1. The van der Waals surface area contributed by atoms with Gasteiger partial charge in [-0.2, -0.15) is 0 Å². The number of ether oxygens (including phenoxy) is 4. The van der Waals surface area contributed by atoms with Crippen molar-refractivity contribution in [1.82, 2.24) is 10.3 Å². The third-order valence-corrected chi connectivity index (χ3v) is 7.48. The summed E-state index contributed by atoms with van der Waals surface area (Å²) in [6.07, 6.45) is 3.11. The van der Waals surface area contributed by atoms with Gasteiger partial charge in [-0.15, -0.1) is 0 Å². The molecule has 11 heteroatoms. The molecule has 44 heavy (non-hydrogen) atoms. The molecule has 2 aromatic carbocycles. The van der Waals surface area contributed by atoms with Crippen LogP contribution in [0.25, 0.3) is 11.1 Å². The topological polar surface area (TPSA) is 137 Å². The molecule has 11 nitrogen and oxygen atoms in total. The average molecular weight is 605 g/mol. The molecule has 3 N–H and O–H groups in total. The molecule has 0 saturated heterocycles. The molecule has 1 aliphatic rings. The van der Waals surface area contributed by atoms with Gasteiger partial charge in [0.25, 0.3) is 0 Å². The highest BCUT2D eigenvalue weighted by Gasteiger charge is 2.30. The Labute approximate surface area is 257 Å². The summed E-state index contributed by atoms with van der Waals surface area (Å²) < 4.78 is 22.2. The monoisotopic (exact) mass is 604 g/mol. The highest BCUT2D eigenvalue weighted by atomic mass is 16.5. The Morgan fingerprint density at radius 2 is 1.73 bits per heavy atom. The first kappa shape index (κ1) is 32.1. The van der Waals surface area contributed by atoms with Crippen molar-refractivity contribution in [1.29, 1.82) is 0 Å². The summed E-state index contributed by atoms with van der Waals surface area (Å²) >= 11 is 0. The maximum atomic E-state index is 13.8. The molecule has 1 aliphatic carbocycles. The van der Waals surface area contributed by atoms with Crippen molar-refractivity contribution in [2.45, 2.75) is 52.1 Å². The smallest absolute Gasteiger partial charge is 0.246 e. The van der Waals surface area contributed by atoms with Crippen LogP contribution in [0.15, 0.2) is 47.4 Å². The van der Waals surface area contributed by atoms with E-state index in [0.29, 0.717) is 59.2 Å². The Hall–Kier alpha value is -4.80. The van der Waals surface area contributed by atoms with Crippen LogP contribution in [0, 0.1) is 5.92 Å². The van der Waals surface area contributed by atoms with E-state index < -0.39 is 12.1 Å². The summed E-state index contributed by atoms with van der Waals surface area (Å²) in [5.74, 6) is 1.46. The van der Waals surface area contributed by atoms with Crippen LogP contribution in [0.2, 0.25) is 0 Å². The molecular formula is C33H40N4O7. The third-order valence-electron chi connectivity index (χ3n) is 7.48. The average Bonchev–Trinajstić information content (AvgIpc) is 3.24. The van der Waals surface area contributed by atoms with Crippen LogP contribution in [-0.4, -0.2) is 51.3 Å². The first-order chi connectivity index (χ1) is 21.1. The molecule has 0 unspecified atom stereocenters. The quantitative estimate of drug-likeness (QED) is 0.284. The van der Waals surface area contributed by atoms with Crippen LogP contribution in [0.3, 0.4) is 0 Å². The minimum absolute atomic E-state index is 0.152. The van der Waals surface area contributed by atoms with Gasteiger partial charge < -0.3 is 34.9 Å². The van der Waals surface area contributed by atoms with E-state index in [2.05, 4.69) is 20.9 Å². The van der Waals surface area contributed by atoms with Gasteiger partial charge >= 0.3 is 0 Å². The number of nitrogens with zero attached hydrogens (tertiary/aromatic N) is 1. The zero-order valence-corrected chi connectivity index (χ0v) is 26.2. The van der Waals surface area contributed by atoms with Gasteiger partial charge in [-0.3, -0.25) is 14.4 Å². The molecule has 0 spiro atoms. The molecule has 0 fully saturated rings. The molecule has 2 atom stereocenters. The normalized spacial score (nSPS) is 14.3. The molecule has 4 rings (SSSR count). The number of nitrogens with one attached hydrogen (secondary N) is 3. The zero-order chi connectivity index (χ0) is 32.0. The van der Waals surface area contributed by atoms with Gasteiger partial charge in [0.15, 0.2) is 11.5 Å². The van der Waals surface area contributed by atoms with Crippen LogP contribution in [-0.2, 0) is 16.0 Å². The summed E-state index contributed by atoms with van der Waals surface area (Å²) in [6.45, 7) is 5.46. The summed E-state index contributed by atoms with van der Waals surface area (Å²) in [7, 11) is 6.17. The molecule has 1 heterocycles. The van der Waals surface area contributed by atoms with E-state index in [0.717, 1.165) is 11.1 Å². The molecule has 234 valence electrons. The first-order valence-electron chi connectivity index (χ1n) is 14.4. The fourth-order valence-electron chi connectivity index (χ4n) is 5.52. The summed E-state index contributed by atoms with van der Waals surface area (Å²) in [6, 6.07) is 9.12. The van der Waals surface area contributed by atoms with Crippen molar-refractivity contribution in [2.75, 3.05) is 39.1 Å². The number of fused-ring (bicyclic) bond motifs is 3. The van der Waals surface area contributed by atoms with Gasteiger partial charge in [0.05, 0.1) is 52.1 Å². The number of hydrogen-bond donors (Lipinski definition) is 3. The van der Waals surface area contributed by atoms with Gasteiger partial charge in [0.2, 0.25) is 28.9 Å². The number of rotatable bonds is 11. The lowest BCUT2D eigenvalue weighted by molar-refractivity contribution is -0.120. The van der Waals surface area contributed by atoms with Crippen LogP contribution in [0.1, 0.15) is 50.8 Å². The second-order valence-corrected chi connectivity index (χ2v) is 11.0. The Bertz CT molecular complexity index is 1570. The lowest BCUT2D eigenvalue weighted by Gasteiger charge is -2.20. The number of carbonyl (C=O) groups is 2. The maximum absolute atomic E-state index is 13.8. The number of carbonyl (C=O) groups excluding carboxylic acids is 2. The number of amides is 2. The van der Waals surface area contributed by atoms with Gasteiger partial charge in [-0.05, 0) is 66.1 Å². The molecule has 0 aliphatic heterocycles. The van der Waals surface area contributed by atoms with E-state index in [1.54, 1.807) is 32.4 Å². The zero-order valence-electron chi connectivity index (χ0n) is 26.2. The van der Waals surface area contributed by atoms with Crippen molar-refractivity contribution >= 4 is 23.2 Å². The van der Waals surface area contributed by atoms with E-state index in [1.807, 2.05) is 26.0 Å². The van der Waals surface area contributed by atoms with Crippen LogP contribution < -0.4 is 40.3 Å². The number of aryl methyl sites for hydroxylation is 1. The number of anilines is 2. The van der Waals surface area contributed by atoms with Gasteiger partial charge in [0, 0.05) is 18.6 Å². The lowest BCUT2D eigenvalue weighted by Crippen LogP contribution is -2.37. The predicted molar refractivity (Wildman–Crippen MR) is 169 cm³/mol. The Balaban J connectivity index is 1.82. The van der Waals surface area contributed by atoms with Gasteiger partial charge in [-0.25, -0.2) is 4.98 Å². The number of aromatic nitrogens is 1. The van der Waals surface area contributed by atoms with Crippen LogP contribution in [0.5, 0.6) is 23.1 Å². The number of methoxy groups -OCH3 is 4. The Morgan fingerprint density at radius 1 is 0.977 bits per heavy atom. The van der Waals surface area contributed by atoms with Crippen LogP contribution >= 0.6 is 0 Å². The minimum Gasteiger partial charge on any atom is -0.493 e. The third kappa shape index (κ3) is 7.04. The predicted octanol–water partition coefficient (Wildman–Crippen LogP) is 4.73. The van der Waals surface area contributed by atoms with Crippen molar-refractivity contribution in [3.63, 3.8) is 0 Å². The second-order valence-electron chi connectivity index (χ2n) is 11.0. The molecule has 0 radical (unpaired) electrons. The van der Waals surface area contributed by atoms with E-state index >= 15 is 0 Å². The fourth-order valence-corrected chi connectivity index (χ4v) is 5.52. The maximum Gasteiger partial charge on any atom is 0.246 e. The first-order valence-corrected chi connectivity index (χ1v) is 14.4. The van der Waals surface area contributed by atoms with E-state index in [1.165, 1.54) is 33.4 Å². The standard InChI is InChI=1S/C33H40N4O7/c1-18(2)14-26(33(40)36-21-9-13-29(42-5)34-17-21)37-25-12-10-22-23(16-27(25)39)24(35-19(3)38)11-8-20-15-28(41-4)31(43-6)32(44-7)30(20)22/h9-10,12-13,15-18,24,26H,8,11,14H2,1-7H3,(H,35,38)(H,36,40)(H,37,39)/t24-,26-/m0/s1.